The molecule has 1 unspecified atom stereocenters. The normalized spacial score (nSPS) is 13.5. The van der Waals surface area contributed by atoms with Gasteiger partial charge in [0.2, 0.25) is 19.0 Å². The molecule has 154 valence electrons. The number of carbonyl (C=O) groups excluding carboxylic acids is 1. The van der Waals surface area contributed by atoms with Crippen LogP contribution in [0.5, 0.6) is 11.5 Å². The Morgan fingerprint density at radius 1 is 1.29 bits per heavy atom. The van der Waals surface area contributed by atoms with E-state index in [1.54, 1.807) is 11.9 Å². The molecule has 0 radical (unpaired) electrons. The molecule has 1 amide bonds. The van der Waals surface area contributed by atoms with Crippen LogP contribution in [0.15, 0.2) is 31.8 Å². The minimum absolute atomic E-state index is 0.0353. The number of carbonyl (C=O) groups is 1. The molecule has 0 saturated heterocycles. The minimum atomic E-state index is -2.61. The third-order valence-electron chi connectivity index (χ3n) is 4.15. The molecule has 28 heavy (non-hydrogen) atoms. The molecule has 0 bridgehead atoms. The largest absolute Gasteiger partial charge is 0.519 e. The van der Waals surface area contributed by atoms with Gasteiger partial charge in [0.05, 0.1) is 0 Å². The maximum Gasteiger partial charge on any atom is 0.519 e. The molecule has 2 heterocycles. The standard InChI is InChI=1S/C12H15NO3.C6H8O6/c1-9(13(2)7-14)5-10-3-4-11-12(6-10)16-8-15-11;1-3-4(6(8,9)10-2)12-5(7)11-3/h3-4,6-7,9H,5,8H2,1-2H3;8-9H,1-2H3. The Morgan fingerprint density at radius 2 is 1.96 bits per heavy atom. The van der Waals surface area contributed by atoms with E-state index in [0.717, 1.165) is 37.0 Å². The first-order valence-electron chi connectivity index (χ1n) is 8.34. The van der Waals surface area contributed by atoms with Crippen LogP contribution in [0, 0.1) is 6.92 Å². The minimum Gasteiger partial charge on any atom is -0.454 e. The molecule has 10 nitrogen and oxygen atoms in total. The van der Waals surface area contributed by atoms with E-state index in [0.29, 0.717) is 6.79 Å². The maximum atomic E-state index is 10.6. The van der Waals surface area contributed by atoms with Gasteiger partial charge in [-0.2, -0.15) is 0 Å². The van der Waals surface area contributed by atoms with Crippen molar-refractivity contribution < 1.29 is 38.1 Å². The summed E-state index contributed by atoms with van der Waals surface area (Å²) in [5.74, 6) is -2.52. The molecule has 2 N–H and O–H groups in total. The molecular weight excluding hydrogens is 374 g/mol. The highest BCUT2D eigenvalue weighted by atomic mass is 16.8. The number of amides is 1. The van der Waals surface area contributed by atoms with Crippen LogP contribution in [0.2, 0.25) is 0 Å². The van der Waals surface area contributed by atoms with E-state index in [-0.39, 0.29) is 11.8 Å². The summed E-state index contributed by atoms with van der Waals surface area (Å²) in [5.41, 5.74) is 1.14. The lowest BCUT2D eigenvalue weighted by molar-refractivity contribution is -0.348. The van der Waals surface area contributed by atoms with Crippen LogP contribution >= 0.6 is 0 Å². The molecule has 0 saturated carbocycles. The number of fused-ring (bicyclic) bond motifs is 1. The number of hydrogen-bond acceptors (Lipinski definition) is 9. The monoisotopic (exact) mass is 397 g/mol. The van der Waals surface area contributed by atoms with E-state index in [9.17, 15) is 9.59 Å². The summed E-state index contributed by atoms with van der Waals surface area (Å²) in [7, 11) is 2.83. The van der Waals surface area contributed by atoms with Gasteiger partial charge in [-0.25, -0.2) is 4.79 Å². The lowest BCUT2D eigenvalue weighted by atomic mass is 10.1. The average Bonchev–Trinajstić information content (AvgIpc) is 3.27. The third kappa shape index (κ3) is 5.12. The van der Waals surface area contributed by atoms with Crippen molar-refractivity contribution in [2.45, 2.75) is 32.3 Å². The number of aliphatic hydroxyl groups is 2. The van der Waals surface area contributed by atoms with Gasteiger partial charge in [-0.1, -0.05) is 6.07 Å². The second kappa shape index (κ2) is 8.91. The van der Waals surface area contributed by atoms with Crippen molar-refractivity contribution >= 4 is 6.41 Å². The highest BCUT2D eigenvalue weighted by Crippen LogP contribution is 2.32. The van der Waals surface area contributed by atoms with Gasteiger partial charge in [-0.05, 0) is 38.0 Å². The fourth-order valence-electron chi connectivity index (χ4n) is 2.39. The molecule has 1 aliphatic heterocycles. The molecule has 1 aromatic carbocycles. The predicted molar refractivity (Wildman–Crippen MR) is 94.7 cm³/mol. The molecule has 1 aromatic heterocycles. The van der Waals surface area contributed by atoms with Crippen LogP contribution < -0.4 is 15.3 Å². The SMILES string of the molecule is CC(Cc1ccc2c(c1)OCO2)N(C)C=O.COC(O)(O)c1oc(=O)oc1C. The summed E-state index contributed by atoms with van der Waals surface area (Å²) in [6.07, 6.45) is 1.66. The van der Waals surface area contributed by atoms with E-state index in [1.807, 2.05) is 25.1 Å². The Kier molecular flexibility index (Phi) is 6.84. The number of hydrogen-bond donors (Lipinski definition) is 2. The average molecular weight is 397 g/mol. The van der Waals surface area contributed by atoms with Crippen LogP contribution in [-0.4, -0.2) is 48.5 Å². The van der Waals surface area contributed by atoms with Gasteiger partial charge in [-0.3, -0.25) is 4.79 Å². The fourth-order valence-corrected chi connectivity index (χ4v) is 2.39. The third-order valence-corrected chi connectivity index (χ3v) is 4.15. The zero-order valence-electron chi connectivity index (χ0n) is 16.0. The van der Waals surface area contributed by atoms with E-state index < -0.39 is 17.6 Å². The Labute approximate surface area is 160 Å². The fraction of sp³-hybridized carbons (Fsp3) is 0.444. The lowest BCUT2D eigenvalue weighted by Crippen LogP contribution is -2.29. The van der Waals surface area contributed by atoms with Crippen LogP contribution in [0.3, 0.4) is 0 Å². The van der Waals surface area contributed by atoms with E-state index in [4.69, 9.17) is 19.7 Å². The van der Waals surface area contributed by atoms with Crippen LogP contribution in [0.25, 0.3) is 0 Å². The van der Waals surface area contributed by atoms with Crippen molar-refractivity contribution in [3.05, 3.63) is 45.9 Å². The van der Waals surface area contributed by atoms with Gasteiger partial charge in [-0.15, -0.1) is 0 Å². The summed E-state index contributed by atoms with van der Waals surface area (Å²) in [5, 5.41) is 18.1. The molecular formula is C18H23NO9. The Morgan fingerprint density at radius 3 is 2.54 bits per heavy atom. The second-order valence-electron chi connectivity index (χ2n) is 6.16. The highest BCUT2D eigenvalue weighted by Gasteiger charge is 2.34. The quantitative estimate of drug-likeness (QED) is 0.534. The van der Waals surface area contributed by atoms with Gasteiger partial charge in [0.1, 0.15) is 0 Å². The van der Waals surface area contributed by atoms with Crippen molar-refractivity contribution in [3.8, 4) is 11.5 Å². The maximum absolute atomic E-state index is 10.6. The summed E-state index contributed by atoms with van der Waals surface area (Å²) >= 11 is 0. The van der Waals surface area contributed by atoms with Crippen molar-refractivity contribution in [2.24, 2.45) is 0 Å². The van der Waals surface area contributed by atoms with Gasteiger partial charge >= 0.3 is 11.8 Å². The zero-order valence-corrected chi connectivity index (χ0v) is 16.0. The number of rotatable bonds is 6. The number of ether oxygens (including phenoxy) is 3. The summed E-state index contributed by atoms with van der Waals surface area (Å²) in [6, 6.07) is 6.06. The summed E-state index contributed by atoms with van der Waals surface area (Å²) in [6.45, 7) is 3.65. The summed E-state index contributed by atoms with van der Waals surface area (Å²) in [4.78, 5) is 22.7. The number of methoxy groups -OCH3 is 1. The second-order valence-corrected chi connectivity index (χ2v) is 6.16. The summed E-state index contributed by atoms with van der Waals surface area (Å²) < 4.78 is 23.5. The highest BCUT2D eigenvalue weighted by molar-refractivity contribution is 5.48. The van der Waals surface area contributed by atoms with Gasteiger partial charge in [0, 0.05) is 20.2 Å². The lowest BCUT2D eigenvalue weighted by Gasteiger charge is -2.20. The molecule has 1 atom stereocenters. The van der Waals surface area contributed by atoms with E-state index in [1.165, 1.54) is 6.92 Å². The number of benzene rings is 1. The van der Waals surface area contributed by atoms with Crippen molar-refractivity contribution in [1.82, 2.24) is 4.90 Å². The van der Waals surface area contributed by atoms with Crippen LogP contribution in [-0.2, 0) is 21.9 Å². The predicted octanol–water partition coefficient (Wildman–Crippen LogP) is 0.717. The number of nitrogens with zero attached hydrogens (tertiary/aromatic N) is 1. The topological polar surface area (TPSA) is 132 Å². The van der Waals surface area contributed by atoms with Gasteiger partial charge < -0.3 is 38.2 Å². The molecule has 0 aliphatic carbocycles. The van der Waals surface area contributed by atoms with Crippen molar-refractivity contribution in [1.29, 1.82) is 0 Å². The molecule has 0 fully saturated rings. The van der Waals surface area contributed by atoms with Crippen LogP contribution in [0.4, 0.5) is 0 Å². The first-order valence-corrected chi connectivity index (χ1v) is 8.34. The molecule has 2 aromatic rings. The van der Waals surface area contributed by atoms with Crippen molar-refractivity contribution in [3.63, 3.8) is 0 Å². The van der Waals surface area contributed by atoms with Crippen molar-refractivity contribution in [2.75, 3.05) is 21.0 Å². The van der Waals surface area contributed by atoms with Gasteiger partial charge in [0.25, 0.3) is 0 Å². The molecule has 3 rings (SSSR count). The first kappa shape index (κ1) is 21.5. The van der Waals surface area contributed by atoms with Crippen LogP contribution in [0.1, 0.15) is 24.0 Å². The zero-order chi connectivity index (χ0) is 20.9. The Hall–Kier alpha value is -2.82. The van der Waals surface area contributed by atoms with E-state index in [2.05, 4.69) is 13.6 Å². The first-order chi connectivity index (χ1) is 13.2. The Bertz CT molecular complexity index is 855. The molecule has 0 spiro atoms. The van der Waals surface area contributed by atoms with E-state index >= 15 is 0 Å². The Balaban J connectivity index is 0.000000209. The number of likely N-dealkylation sites (N-methyl/N-ethyl adjacent to an activating group) is 1. The van der Waals surface area contributed by atoms with Gasteiger partial charge in [0.15, 0.2) is 17.3 Å². The number of aryl methyl sites for hydroxylation is 1. The smallest absolute Gasteiger partial charge is 0.454 e. The molecule has 10 heteroatoms. The molecule has 1 aliphatic rings.